The Morgan fingerprint density at radius 2 is 1.28 bits per heavy atom. The predicted molar refractivity (Wildman–Crippen MR) is 245 cm³/mol. The van der Waals surface area contributed by atoms with Crippen molar-refractivity contribution < 1.29 is 107 Å². The minimum absolute atomic E-state index is 0.00723. The molecule has 3 unspecified atom stereocenters. The van der Waals surface area contributed by atoms with E-state index in [1.54, 1.807) is 30.3 Å². The van der Waals surface area contributed by atoms with Crippen LogP contribution >= 0.6 is 0 Å². The van der Waals surface area contributed by atoms with E-state index in [0.29, 0.717) is 17.1 Å². The van der Waals surface area contributed by atoms with E-state index in [9.17, 15) is 9.59 Å². The van der Waals surface area contributed by atoms with Crippen molar-refractivity contribution in [1.29, 1.82) is 0 Å². The van der Waals surface area contributed by atoms with Crippen LogP contribution in [0.5, 0.6) is 23.1 Å². The van der Waals surface area contributed by atoms with E-state index < -0.39 is 106 Å². The summed E-state index contributed by atoms with van der Waals surface area (Å²) in [6.07, 6.45) is -1.78. The highest BCUT2D eigenvalue weighted by molar-refractivity contribution is 7.92. The number of anilines is 1. The molecule has 0 aliphatic rings. The maximum absolute atomic E-state index is 15.2. The summed E-state index contributed by atoms with van der Waals surface area (Å²) in [5, 5.41) is 69.1. The number of rotatable bonds is 33. The van der Waals surface area contributed by atoms with Gasteiger partial charge in [-0.1, -0.05) is 51.5 Å². The zero-order chi connectivity index (χ0) is 55.1. The number of esters is 1. The summed E-state index contributed by atoms with van der Waals surface area (Å²) in [6, 6.07) is 13.7. The first-order chi connectivity index (χ1) is 35.6. The lowest BCUT2D eigenvalue weighted by molar-refractivity contribution is -0.527. The molecule has 0 fully saturated rings. The van der Waals surface area contributed by atoms with E-state index >= 15 is 8.42 Å². The number of unbranched alkanes of at least 4 members (excludes halogenated alkanes) is 2. The Hall–Kier alpha value is -6.15. The van der Waals surface area contributed by atoms with E-state index in [-0.39, 0.29) is 72.2 Å². The fourth-order valence-electron chi connectivity index (χ4n) is 6.57. The predicted octanol–water partition coefficient (Wildman–Crippen LogP) is 5.16. The number of methoxy groups -OCH3 is 1. The minimum Gasteiger partial charge on any atom is -0.493 e. The van der Waals surface area contributed by atoms with Gasteiger partial charge in [-0.15, -0.1) is 0 Å². The number of para-hydroxylation sites is 2. The summed E-state index contributed by atoms with van der Waals surface area (Å²) in [5.74, 6) is -2.52. The normalized spacial score (nSPS) is 13.2. The lowest BCUT2D eigenvalue weighted by atomic mass is 9.87. The van der Waals surface area contributed by atoms with Crippen molar-refractivity contribution in [3.05, 3.63) is 72.6 Å². The van der Waals surface area contributed by atoms with Crippen LogP contribution in [-0.4, -0.2) is 162 Å². The van der Waals surface area contributed by atoms with Gasteiger partial charge in [0.25, 0.3) is 15.9 Å². The van der Waals surface area contributed by atoms with Gasteiger partial charge in [-0.2, -0.15) is 4.98 Å². The molecular formula is C43H61N9O22S. The van der Waals surface area contributed by atoms with Gasteiger partial charge in [0, 0.05) is 18.8 Å². The van der Waals surface area contributed by atoms with Crippen LogP contribution in [0.3, 0.4) is 0 Å². The maximum atomic E-state index is 15.2. The van der Waals surface area contributed by atoms with E-state index in [1.807, 2.05) is 20.8 Å². The minimum atomic E-state index is -4.87. The molecule has 2 heterocycles. The number of benzene rings is 2. The first-order valence-corrected chi connectivity index (χ1v) is 24.1. The fourth-order valence-corrected chi connectivity index (χ4v) is 8.06. The van der Waals surface area contributed by atoms with Crippen molar-refractivity contribution in [1.82, 2.24) is 41.5 Å². The van der Waals surface area contributed by atoms with Crippen molar-refractivity contribution in [2.24, 2.45) is 0 Å². The molecule has 2 aromatic carbocycles. The molecule has 75 heavy (non-hydrogen) atoms. The Bertz CT molecular complexity index is 2460. The monoisotopic (exact) mass is 1090 g/mol. The standard InChI is InChI=1S/C43H61N9O22S/c1-29(71-42(54)68-24-10-6-7-13-31(73-51(59)60)27-69-49(55)56)48(75(63,64)33-20-18-30(19-21-33)43(2,3)4)40-37(72-35-16-9-8-15-34(35)65-5)41(47-39(46-40)38-44-22-12-23-45-38)67-26-25-66-36(53)17-11-14-32(74-52(61)62)28-70-50(57)58/h8-9,12,15-16,18-23,29,31-32,55-62H,6-7,10-11,13-14,17,24-28H2,1-5H3. The molecule has 0 saturated heterocycles. The van der Waals surface area contributed by atoms with E-state index in [4.69, 9.17) is 74.9 Å². The third kappa shape index (κ3) is 20.8. The molecule has 416 valence electrons. The van der Waals surface area contributed by atoms with E-state index in [2.05, 4.69) is 34.4 Å². The second kappa shape index (κ2) is 30.4. The molecule has 0 radical (unpaired) electrons. The summed E-state index contributed by atoms with van der Waals surface area (Å²) in [7, 11) is -3.51. The smallest absolute Gasteiger partial charge is 0.493 e. The molecule has 0 bridgehead atoms. The third-order valence-corrected chi connectivity index (χ3v) is 11.9. The number of hydrogen-bond donors (Lipinski definition) is 8. The molecular weight excluding hydrogens is 1030 g/mol. The number of carbonyl (C=O) groups is 2. The van der Waals surface area contributed by atoms with Crippen LogP contribution in [0.1, 0.15) is 78.2 Å². The molecule has 0 saturated carbocycles. The highest BCUT2D eigenvalue weighted by Crippen LogP contribution is 2.44. The fraction of sp³-hybridized carbons (Fsp3) is 0.488. The average molecular weight is 1090 g/mol. The number of aromatic nitrogens is 4. The van der Waals surface area contributed by atoms with Crippen LogP contribution in [0.4, 0.5) is 10.6 Å². The molecule has 3 atom stereocenters. The van der Waals surface area contributed by atoms with Crippen LogP contribution < -0.4 is 18.5 Å². The van der Waals surface area contributed by atoms with Gasteiger partial charge >= 0.3 is 12.1 Å². The zero-order valence-electron chi connectivity index (χ0n) is 41.3. The average Bonchev–Trinajstić information content (AvgIpc) is 3.35. The molecule has 4 aromatic rings. The molecule has 0 spiro atoms. The first-order valence-electron chi connectivity index (χ1n) is 22.7. The summed E-state index contributed by atoms with van der Waals surface area (Å²) >= 11 is 0. The molecule has 8 N–H and O–H groups in total. The van der Waals surface area contributed by atoms with Crippen LogP contribution in [0.2, 0.25) is 0 Å². The first kappa shape index (κ1) is 61.4. The SMILES string of the molecule is COc1ccccc1Oc1c(OCCOC(=O)CCCC(CON(O)O)ON(O)O)nc(-c2ncccn2)nc1N(C(C)OC(=O)OCCCCCC(CON(O)O)ON(O)O)S(=O)(=O)c1ccc(C(C)(C)C)cc1. The summed E-state index contributed by atoms with van der Waals surface area (Å²) in [5.41, 5.74) is 0.401. The van der Waals surface area contributed by atoms with Crippen molar-refractivity contribution in [2.75, 3.05) is 44.4 Å². The summed E-state index contributed by atoms with van der Waals surface area (Å²) < 4.78 is 65.4. The topological polar surface area (TPSA) is 390 Å². The number of ether oxygens (including phenoxy) is 6. The highest BCUT2D eigenvalue weighted by atomic mass is 32.2. The molecule has 31 nitrogen and oxygen atoms in total. The van der Waals surface area contributed by atoms with Gasteiger partial charge in [0.1, 0.15) is 38.6 Å². The molecule has 0 amide bonds. The van der Waals surface area contributed by atoms with Crippen LogP contribution in [0.25, 0.3) is 11.6 Å². The van der Waals surface area contributed by atoms with Gasteiger partial charge in [0.05, 0.1) is 40.2 Å². The van der Waals surface area contributed by atoms with Crippen molar-refractivity contribution in [2.45, 2.75) is 101 Å². The lowest BCUT2D eigenvalue weighted by Crippen LogP contribution is -2.42. The van der Waals surface area contributed by atoms with Crippen LogP contribution in [-0.2, 0) is 53.8 Å². The van der Waals surface area contributed by atoms with Crippen LogP contribution in [0.15, 0.2) is 71.9 Å². The Kier molecular flexibility index (Phi) is 24.9. The number of carbonyl (C=O) groups excluding carboxylic acids is 2. The van der Waals surface area contributed by atoms with Gasteiger partial charge in [-0.25, -0.2) is 51.8 Å². The Morgan fingerprint density at radius 1 is 0.680 bits per heavy atom. The van der Waals surface area contributed by atoms with Gasteiger partial charge in [-0.3, -0.25) is 46.5 Å². The molecule has 2 aromatic heterocycles. The molecule has 32 heteroatoms. The second-order valence-corrected chi connectivity index (χ2v) is 18.4. The summed E-state index contributed by atoms with van der Waals surface area (Å²) in [4.78, 5) is 61.8. The van der Waals surface area contributed by atoms with Crippen molar-refractivity contribution in [3.8, 4) is 34.8 Å². The van der Waals surface area contributed by atoms with Crippen LogP contribution in [0, 0.1) is 0 Å². The van der Waals surface area contributed by atoms with E-state index in [1.165, 1.54) is 50.7 Å². The zero-order valence-corrected chi connectivity index (χ0v) is 42.1. The van der Waals surface area contributed by atoms with Crippen molar-refractivity contribution in [3.63, 3.8) is 0 Å². The van der Waals surface area contributed by atoms with Gasteiger partial charge in [0.2, 0.25) is 11.6 Å². The molecule has 0 aliphatic heterocycles. The molecule has 4 rings (SSSR count). The Balaban J connectivity index is 1.71. The van der Waals surface area contributed by atoms with Gasteiger partial charge in [-0.05, 0) is 80.3 Å². The van der Waals surface area contributed by atoms with E-state index in [0.717, 1.165) is 5.56 Å². The maximum Gasteiger partial charge on any atom is 0.510 e. The van der Waals surface area contributed by atoms with Gasteiger partial charge < -0.3 is 28.4 Å². The lowest BCUT2D eigenvalue weighted by Gasteiger charge is -2.30. The molecule has 0 aliphatic carbocycles. The Morgan fingerprint density at radius 3 is 1.85 bits per heavy atom. The third-order valence-electron chi connectivity index (χ3n) is 10.1. The van der Waals surface area contributed by atoms with Gasteiger partial charge in [0.15, 0.2) is 29.4 Å². The number of nitrogens with zero attached hydrogens (tertiary/aromatic N) is 9. The number of sulfonamides is 1. The second-order valence-electron chi connectivity index (χ2n) is 16.6. The van der Waals surface area contributed by atoms with Crippen molar-refractivity contribution >= 4 is 28.0 Å². The quantitative estimate of drug-likeness (QED) is 0.0132. The number of hydrogen-bond acceptors (Lipinski definition) is 30. The summed E-state index contributed by atoms with van der Waals surface area (Å²) in [6.45, 7) is 4.89. The highest BCUT2D eigenvalue weighted by Gasteiger charge is 2.39. The Labute approximate surface area is 429 Å². The largest absolute Gasteiger partial charge is 0.510 e.